The standard InChI is InChI=1S/C34H41ClN2O6S.C4H9NO/c1-22-6-4-15-34(20-38,42-3)29-11-8-26(29)18-37-19-33(14-5-7-24-16-27(35)10-12-28(24)33)21-43-31-13-9-25(17-30(31)37)32(39)36-44(40,41)23(22)2;1-3-6-4-2-5-1/h4,9-10,12-13,15-17,20,22-23,26,29H,5-8,11,14,18-19,21H2,1-3H3,(H,36,39);5H,1-4H2/b15-4+;/t22-,23+,26-,29+,33-,34-;/m0./s1. The van der Waals surface area contributed by atoms with E-state index in [1.165, 1.54) is 11.1 Å². The number of methoxy groups -OCH3 is 1. The Bertz CT molecular complexity index is 1690. The number of fused-ring (bicyclic) bond motifs is 4. The minimum Gasteiger partial charge on any atom is -0.490 e. The van der Waals surface area contributed by atoms with E-state index < -0.39 is 26.8 Å². The Morgan fingerprint density at radius 2 is 1.90 bits per heavy atom. The van der Waals surface area contributed by atoms with E-state index in [4.69, 9.17) is 25.8 Å². The Morgan fingerprint density at radius 3 is 2.56 bits per heavy atom. The first-order chi connectivity index (χ1) is 24.0. The third kappa shape index (κ3) is 7.48. The smallest absolute Gasteiger partial charge is 0.264 e. The zero-order chi connectivity index (χ0) is 35.5. The fraction of sp³-hybridized carbons (Fsp3) is 0.579. The molecule has 2 aromatic carbocycles. The van der Waals surface area contributed by atoms with Crippen molar-refractivity contribution < 1.29 is 32.2 Å². The summed E-state index contributed by atoms with van der Waals surface area (Å²) in [5.41, 5.74) is 2.05. The van der Waals surface area contributed by atoms with Gasteiger partial charge in [0, 0.05) is 55.2 Å². The van der Waals surface area contributed by atoms with Crippen LogP contribution in [-0.4, -0.2) is 84.6 Å². The number of nitrogens with one attached hydrogen (secondary N) is 2. The molecule has 2 aromatic rings. The van der Waals surface area contributed by atoms with Gasteiger partial charge in [-0.15, -0.1) is 0 Å². The Kier molecular flexibility index (Phi) is 11.3. The van der Waals surface area contributed by atoms with Gasteiger partial charge in [0.2, 0.25) is 10.0 Å². The van der Waals surface area contributed by atoms with E-state index in [0.29, 0.717) is 36.9 Å². The molecule has 12 heteroatoms. The fourth-order valence-corrected chi connectivity index (χ4v) is 9.68. The number of carbonyl (C=O) groups excluding carboxylic acids is 2. The number of allylic oxidation sites excluding steroid dienone is 1. The maximum Gasteiger partial charge on any atom is 0.264 e. The van der Waals surface area contributed by atoms with Gasteiger partial charge in [0.1, 0.15) is 11.4 Å². The molecule has 6 atom stereocenters. The number of hydrogen-bond acceptors (Lipinski definition) is 9. The number of aryl methyl sites for hydroxylation is 1. The van der Waals surface area contributed by atoms with Crippen molar-refractivity contribution in [3.05, 3.63) is 70.3 Å². The lowest BCUT2D eigenvalue weighted by molar-refractivity contribution is -0.135. The van der Waals surface area contributed by atoms with Crippen LogP contribution in [0.2, 0.25) is 5.02 Å². The number of nitrogens with zero attached hydrogens (tertiary/aromatic N) is 1. The van der Waals surface area contributed by atoms with Gasteiger partial charge < -0.3 is 24.4 Å². The molecule has 2 bridgehead atoms. The molecule has 2 fully saturated rings. The normalized spacial score (nSPS) is 32.7. The molecule has 3 heterocycles. The number of hydrogen-bond donors (Lipinski definition) is 2. The van der Waals surface area contributed by atoms with Crippen molar-refractivity contribution in [1.82, 2.24) is 10.0 Å². The summed E-state index contributed by atoms with van der Waals surface area (Å²) in [5, 5.41) is 3.04. The molecule has 50 heavy (non-hydrogen) atoms. The Balaban J connectivity index is 0.000000652. The first-order valence-electron chi connectivity index (χ1n) is 17.8. The molecule has 272 valence electrons. The highest BCUT2D eigenvalue weighted by atomic mass is 35.5. The molecule has 0 aromatic heterocycles. The number of rotatable bonds is 2. The third-order valence-electron chi connectivity index (χ3n) is 11.5. The maximum absolute atomic E-state index is 13.4. The Hall–Kier alpha value is -2.96. The summed E-state index contributed by atoms with van der Waals surface area (Å²) >= 11 is 6.40. The number of anilines is 1. The summed E-state index contributed by atoms with van der Waals surface area (Å²) in [5.74, 6) is -0.203. The highest BCUT2D eigenvalue weighted by Gasteiger charge is 2.49. The van der Waals surface area contributed by atoms with Crippen molar-refractivity contribution >= 4 is 39.5 Å². The number of ether oxygens (including phenoxy) is 3. The predicted octanol–water partition coefficient (Wildman–Crippen LogP) is 5.07. The molecule has 10 nitrogen and oxygen atoms in total. The van der Waals surface area contributed by atoms with Crippen LogP contribution >= 0.6 is 11.6 Å². The second kappa shape index (κ2) is 15.3. The summed E-state index contributed by atoms with van der Waals surface area (Å²) in [4.78, 5) is 28.4. The van der Waals surface area contributed by atoms with Crippen LogP contribution in [0.5, 0.6) is 5.75 Å². The summed E-state index contributed by atoms with van der Waals surface area (Å²) in [6.45, 7) is 9.01. The number of aldehydes is 1. The number of halogens is 1. The van der Waals surface area contributed by atoms with Crippen molar-refractivity contribution in [3.63, 3.8) is 0 Å². The number of morpholine rings is 1. The van der Waals surface area contributed by atoms with Crippen molar-refractivity contribution in [3.8, 4) is 5.75 Å². The minimum atomic E-state index is -3.97. The second-order valence-electron chi connectivity index (χ2n) is 14.6. The van der Waals surface area contributed by atoms with Gasteiger partial charge in [0.15, 0.2) is 6.29 Å². The van der Waals surface area contributed by atoms with E-state index >= 15 is 0 Å². The molecule has 2 N–H and O–H groups in total. The van der Waals surface area contributed by atoms with Crippen molar-refractivity contribution in [2.45, 2.75) is 68.6 Å². The number of carbonyl (C=O) groups is 2. The lowest BCUT2D eigenvalue weighted by Crippen LogP contribution is -2.53. The highest BCUT2D eigenvalue weighted by molar-refractivity contribution is 7.90. The van der Waals surface area contributed by atoms with Gasteiger partial charge in [-0.05, 0) is 105 Å². The number of sulfonamides is 1. The van der Waals surface area contributed by atoms with Crippen LogP contribution in [0.3, 0.4) is 0 Å². The van der Waals surface area contributed by atoms with E-state index in [0.717, 1.165) is 70.4 Å². The van der Waals surface area contributed by atoms with Gasteiger partial charge in [-0.1, -0.05) is 30.7 Å². The molecule has 0 unspecified atom stereocenters. The molecule has 0 radical (unpaired) electrons. The van der Waals surface area contributed by atoms with Gasteiger partial charge in [-0.2, -0.15) is 0 Å². The summed E-state index contributed by atoms with van der Waals surface area (Å²) in [6.07, 6.45) is 9.65. The quantitative estimate of drug-likeness (QED) is 0.323. The largest absolute Gasteiger partial charge is 0.490 e. The van der Waals surface area contributed by atoms with E-state index in [2.05, 4.69) is 27.1 Å². The molecule has 2 aliphatic carbocycles. The SMILES string of the molecule is C1COCCN1.CO[C@]1(C=O)/C=C/C[C@H](C)[C@@H](C)S(=O)(=O)NC(=O)c2ccc3c(c2)N(C[C@@H]2CC[C@H]21)C[C@@]1(CCCc2cc(Cl)ccc21)CO3. The van der Waals surface area contributed by atoms with E-state index in [-0.39, 0.29) is 28.7 Å². The van der Waals surface area contributed by atoms with Crippen LogP contribution in [-0.2, 0) is 36.1 Å². The van der Waals surface area contributed by atoms with E-state index in [1.54, 1.807) is 32.2 Å². The first-order valence-corrected chi connectivity index (χ1v) is 19.8. The predicted molar refractivity (Wildman–Crippen MR) is 195 cm³/mol. The van der Waals surface area contributed by atoms with Gasteiger partial charge in [0.05, 0.1) is 30.8 Å². The van der Waals surface area contributed by atoms with Gasteiger partial charge >= 0.3 is 0 Å². The van der Waals surface area contributed by atoms with Crippen LogP contribution < -0.4 is 19.7 Å². The van der Waals surface area contributed by atoms with Gasteiger partial charge in [-0.3, -0.25) is 9.59 Å². The molecule has 5 aliphatic rings. The topological polar surface area (TPSA) is 123 Å². The lowest BCUT2D eigenvalue weighted by Gasteiger charge is -2.48. The van der Waals surface area contributed by atoms with E-state index in [9.17, 15) is 18.0 Å². The van der Waals surface area contributed by atoms with Crippen LogP contribution in [0, 0.1) is 17.8 Å². The van der Waals surface area contributed by atoms with Crippen LogP contribution in [0.25, 0.3) is 0 Å². The molecule has 1 spiro atoms. The van der Waals surface area contributed by atoms with Crippen molar-refractivity contribution in [2.24, 2.45) is 17.8 Å². The lowest BCUT2D eigenvalue weighted by atomic mass is 9.64. The number of amides is 1. The fourth-order valence-electron chi connectivity index (χ4n) is 8.20. The molecule has 1 saturated heterocycles. The molecule has 1 amide bonds. The minimum absolute atomic E-state index is 0.0434. The molecule has 3 aliphatic heterocycles. The molecule has 1 saturated carbocycles. The molecular weight excluding hydrogens is 678 g/mol. The highest BCUT2D eigenvalue weighted by Crippen LogP contribution is 2.48. The molecular formula is C38H50ClN3O7S. The van der Waals surface area contributed by atoms with Crippen molar-refractivity contribution in [2.75, 3.05) is 58.0 Å². The average molecular weight is 728 g/mol. The molecule has 7 rings (SSSR count). The van der Waals surface area contributed by atoms with Gasteiger partial charge in [-0.25, -0.2) is 13.1 Å². The summed E-state index contributed by atoms with van der Waals surface area (Å²) in [7, 11) is -2.41. The van der Waals surface area contributed by atoms with Gasteiger partial charge in [0.25, 0.3) is 5.91 Å². The average Bonchev–Trinajstić information content (AvgIpc) is 3.26. The summed E-state index contributed by atoms with van der Waals surface area (Å²) < 4.78 is 46.3. The van der Waals surface area contributed by atoms with Crippen LogP contribution in [0.15, 0.2) is 48.6 Å². The van der Waals surface area contributed by atoms with Crippen molar-refractivity contribution in [1.29, 1.82) is 0 Å². The van der Waals surface area contributed by atoms with Crippen LogP contribution in [0.4, 0.5) is 5.69 Å². The second-order valence-corrected chi connectivity index (χ2v) is 17.0. The summed E-state index contributed by atoms with van der Waals surface area (Å²) in [6, 6.07) is 11.3. The zero-order valence-corrected chi connectivity index (χ0v) is 30.9. The van der Waals surface area contributed by atoms with E-state index in [1.807, 2.05) is 25.1 Å². The number of benzene rings is 2. The maximum atomic E-state index is 13.4. The monoisotopic (exact) mass is 727 g/mol. The van der Waals surface area contributed by atoms with Crippen LogP contribution in [0.1, 0.15) is 67.4 Å². The zero-order valence-electron chi connectivity index (χ0n) is 29.3. The Morgan fingerprint density at radius 1 is 1.10 bits per heavy atom. The first kappa shape index (κ1) is 36.8. The third-order valence-corrected chi connectivity index (χ3v) is 13.7. The Labute approximate surface area is 301 Å².